The lowest BCUT2D eigenvalue weighted by Gasteiger charge is -2.22. The summed E-state index contributed by atoms with van der Waals surface area (Å²) in [6.45, 7) is 4.18. The molecular weight excluding hydrogens is 262 g/mol. The highest BCUT2D eigenvalue weighted by Gasteiger charge is 2.18. The molecule has 1 unspecified atom stereocenters. The van der Waals surface area contributed by atoms with Crippen molar-refractivity contribution < 1.29 is 4.74 Å². The predicted molar refractivity (Wildman–Crippen MR) is 60.9 cm³/mol. The molecule has 0 fully saturated rings. The van der Waals surface area contributed by atoms with E-state index in [0.717, 1.165) is 6.42 Å². The summed E-state index contributed by atoms with van der Waals surface area (Å²) in [6.07, 6.45) is 2.08. The zero-order chi connectivity index (χ0) is 11.5. The Balaban J connectivity index is 2.74. The molecule has 1 rings (SSSR count). The average molecular weight is 276 g/mol. The maximum Gasteiger partial charge on any atom is 0.268 e. The Labute approximate surface area is 96.2 Å². The van der Waals surface area contributed by atoms with E-state index < -0.39 is 5.54 Å². The van der Waals surface area contributed by atoms with Crippen LogP contribution in [0.3, 0.4) is 0 Å². The summed E-state index contributed by atoms with van der Waals surface area (Å²) in [6, 6.07) is 0. The van der Waals surface area contributed by atoms with Crippen LogP contribution < -0.4 is 16.0 Å². The minimum atomic E-state index is -0.413. The molecule has 0 aliphatic heterocycles. The third kappa shape index (κ3) is 3.32. The van der Waals surface area contributed by atoms with Crippen LogP contribution in [0.25, 0.3) is 0 Å². The number of aromatic nitrogens is 2. The summed E-state index contributed by atoms with van der Waals surface area (Å²) in [7, 11) is 0. The van der Waals surface area contributed by atoms with E-state index in [2.05, 4.69) is 25.9 Å². The summed E-state index contributed by atoms with van der Waals surface area (Å²) in [5, 5.41) is 0. The normalized spacial score (nSPS) is 14.7. The smallest absolute Gasteiger partial charge is 0.268 e. The van der Waals surface area contributed by atoms with Crippen molar-refractivity contribution in [3.63, 3.8) is 0 Å². The van der Waals surface area contributed by atoms with E-state index in [1.54, 1.807) is 0 Å². The first-order chi connectivity index (χ1) is 6.96. The summed E-state index contributed by atoms with van der Waals surface area (Å²) in [5.74, 6) is 0.267. The van der Waals surface area contributed by atoms with Crippen LogP contribution in [-0.2, 0) is 0 Å². The molecule has 0 bridgehead atoms. The summed E-state index contributed by atoms with van der Waals surface area (Å²) in [5.41, 5.74) is 5.22. The number of aromatic amines is 1. The lowest BCUT2D eigenvalue weighted by atomic mass is 10.0. The largest absolute Gasteiger partial charge is 0.475 e. The molecule has 5 nitrogen and oxygen atoms in total. The van der Waals surface area contributed by atoms with Crippen molar-refractivity contribution in [1.29, 1.82) is 0 Å². The highest BCUT2D eigenvalue weighted by atomic mass is 79.9. The standard InChI is InChI=1S/C9H14BrN3O2/c1-3-9(2,11)4-15-8-6(10)7(14)12-5-13-8/h5H,3-4,11H2,1-2H3,(H,12,13,14). The van der Waals surface area contributed by atoms with Gasteiger partial charge in [-0.1, -0.05) is 6.92 Å². The fraction of sp³-hybridized carbons (Fsp3) is 0.556. The molecule has 0 aliphatic carbocycles. The van der Waals surface area contributed by atoms with Gasteiger partial charge in [0.15, 0.2) is 0 Å². The van der Waals surface area contributed by atoms with Crippen LogP contribution >= 0.6 is 15.9 Å². The highest BCUT2D eigenvalue weighted by Crippen LogP contribution is 2.17. The van der Waals surface area contributed by atoms with Gasteiger partial charge < -0.3 is 15.5 Å². The molecule has 6 heteroatoms. The van der Waals surface area contributed by atoms with Gasteiger partial charge in [-0.25, -0.2) is 4.98 Å². The number of H-pyrrole nitrogens is 1. The van der Waals surface area contributed by atoms with Crippen LogP contribution in [0.5, 0.6) is 5.88 Å². The van der Waals surface area contributed by atoms with Gasteiger partial charge in [0.1, 0.15) is 11.1 Å². The Bertz CT molecular complexity index is 389. The molecule has 0 spiro atoms. The van der Waals surface area contributed by atoms with Crippen LogP contribution in [-0.4, -0.2) is 22.1 Å². The minimum Gasteiger partial charge on any atom is -0.475 e. The van der Waals surface area contributed by atoms with Gasteiger partial charge >= 0.3 is 0 Å². The lowest BCUT2D eigenvalue weighted by molar-refractivity contribution is 0.217. The summed E-state index contributed by atoms with van der Waals surface area (Å²) >= 11 is 3.10. The number of rotatable bonds is 4. The van der Waals surface area contributed by atoms with E-state index >= 15 is 0 Å². The molecule has 1 heterocycles. The number of hydrogen-bond acceptors (Lipinski definition) is 4. The van der Waals surface area contributed by atoms with E-state index in [1.807, 2.05) is 13.8 Å². The number of nitrogens with zero attached hydrogens (tertiary/aromatic N) is 1. The summed E-state index contributed by atoms with van der Waals surface area (Å²) in [4.78, 5) is 17.5. The first-order valence-corrected chi connectivity index (χ1v) is 5.40. The van der Waals surface area contributed by atoms with Crippen LogP contribution in [0.1, 0.15) is 20.3 Å². The molecule has 0 radical (unpaired) electrons. The molecule has 1 atom stereocenters. The number of ether oxygens (including phenoxy) is 1. The number of nitrogens with two attached hydrogens (primary N) is 1. The van der Waals surface area contributed by atoms with Crippen LogP contribution in [0.15, 0.2) is 15.6 Å². The SMILES string of the molecule is CCC(C)(N)COc1nc[nH]c(=O)c1Br. The quantitative estimate of drug-likeness (QED) is 0.861. The van der Waals surface area contributed by atoms with E-state index in [4.69, 9.17) is 10.5 Å². The molecule has 1 aromatic heterocycles. The molecule has 15 heavy (non-hydrogen) atoms. The Hall–Kier alpha value is -0.880. The Kier molecular flexibility index (Phi) is 3.87. The van der Waals surface area contributed by atoms with Crippen LogP contribution in [0.2, 0.25) is 0 Å². The second-order valence-corrected chi connectivity index (χ2v) is 4.44. The van der Waals surface area contributed by atoms with E-state index in [-0.39, 0.29) is 15.9 Å². The minimum absolute atomic E-state index is 0.267. The van der Waals surface area contributed by atoms with E-state index in [0.29, 0.717) is 6.61 Å². The van der Waals surface area contributed by atoms with E-state index in [9.17, 15) is 4.79 Å². The van der Waals surface area contributed by atoms with Gasteiger partial charge in [-0.2, -0.15) is 0 Å². The van der Waals surface area contributed by atoms with Gasteiger partial charge in [0.2, 0.25) is 5.88 Å². The number of hydrogen-bond donors (Lipinski definition) is 2. The Morgan fingerprint density at radius 3 is 3.00 bits per heavy atom. The fourth-order valence-corrected chi connectivity index (χ4v) is 1.13. The van der Waals surface area contributed by atoms with Crippen molar-refractivity contribution in [3.8, 4) is 5.88 Å². The average Bonchev–Trinajstić information content (AvgIpc) is 2.20. The van der Waals surface area contributed by atoms with Crippen molar-refractivity contribution in [2.45, 2.75) is 25.8 Å². The second kappa shape index (κ2) is 4.76. The molecule has 84 valence electrons. The van der Waals surface area contributed by atoms with Gasteiger partial charge in [-0.15, -0.1) is 0 Å². The fourth-order valence-electron chi connectivity index (χ4n) is 0.803. The van der Waals surface area contributed by atoms with Crippen molar-refractivity contribution in [3.05, 3.63) is 21.2 Å². The second-order valence-electron chi connectivity index (χ2n) is 3.65. The third-order valence-electron chi connectivity index (χ3n) is 2.11. The van der Waals surface area contributed by atoms with Crippen molar-refractivity contribution in [2.24, 2.45) is 5.73 Å². The first kappa shape index (κ1) is 12.2. The molecule has 0 aliphatic rings. The zero-order valence-electron chi connectivity index (χ0n) is 8.71. The molecule has 0 amide bonds. The van der Waals surface area contributed by atoms with Gasteiger partial charge in [-0.05, 0) is 29.3 Å². The van der Waals surface area contributed by atoms with Crippen LogP contribution in [0, 0.1) is 0 Å². The predicted octanol–water partition coefficient (Wildman–Crippen LogP) is 1.04. The van der Waals surface area contributed by atoms with Gasteiger partial charge in [-0.3, -0.25) is 4.79 Å². The molecule has 0 aromatic carbocycles. The summed E-state index contributed by atoms with van der Waals surface area (Å²) < 4.78 is 5.66. The number of halogens is 1. The van der Waals surface area contributed by atoms with Gasteiger partial charge in [0.05, 0.1) is 6.33 Å². The molecule has 0 saturated carbocycles. The maximum atomic E-state index is 11.2. The van der Waals surface area contributed by atoms with Crippen LogP contribution in [0.4, 0.5) is 0 Å². The molecule has 0 saturated heterocycles. The Morgan fingerprint density at radius 2 is 2.40 bits per heavy atom. The van der Waals surface area contributed by atoms with Gasteiger partial charge in [0.25, 0.3) is 5.56 Å². The van der Waals surface area contributed by atoms with Gasteiger partial charge in [0, 0.05) is 5.54 Å². The van der Waals surface area contributed by atoms with Crippen molar-refractivity contribution >= 4 is 15.9 Å². The monoisotopic (exact) mass is 275 g/mol. The zero-order valence-corrected chi connectivity index (χ0v) is 10.3. The number of nitrogens with one attached hydrogen (secondary N) is 1. The first-order valence-electron chi connectivity index (χ1n) is 4.61. The molecule has 1 aromatic rings. The maximum absolute atomic E-state index is 11.2. The van der Waals surface area contributed by atoms with E-state index in [1.165, 1.54) is 6.33 Å². The molecular formula is C9H14BrN3O2. The van der Waals surface area contributed by atoms with Crippen molar-refractivity contribution in [2.75, 3.05) is 6.61 Å². The highest BCUT2D eigenvalue weighted by molar-refractivity contribution is 9.10. The Morgan fingerprint density at radius 1 is 1.73 bits per heavy atom. The lowest BCUT2D eigenvalue weighted by Crippen LogP contribution is -2.41. The molecule has 3 N–H and O–H groups in total. The topological polar surface area (TPSA) is 81.0 Å². The van der Waals surface area contributed by atoms with Crippen molar-refractivity contribution in [1.82, 2.24) is 9.97 Å². The third-order valence-corrected chi connectivity index (χ3v) is 2.81.